The zero-order valence-electron chi connectivity index (χ0n) is 19.0. The number of cyclic esters (lactones) is 1. The van der Waals surface area contributed by atoms with Gasteiger partial charge in [0.1, 0.15) is 6.61 Å². The Hall–Kier alpha value is -1.28. The molecule has 1 aliphatic heterocycles. The molecular formula is C25H37NO6. The second kappa shape index (κ2) is 7.62. The standard InChI is InChI=1S/C25H37NO6/c1-22-6-3-19-20(25(22,31)9-5-18(22)16-12-21(29)32-14-16)4-8-24(30)13-17(28)2-7-23(19,24)15-26-10-11-27/h12,15,17-20,27-28,30-31H,2-11,13-14H2,1H3/t17-,18+,19+,20-,22-,23+,24+,25-/m1/s1. The van der Waals surface area contributed by atoms with E-state index in [0.29, 0.717) is 45.3 Å². The van der Waals surface area contributed by atoms with Crippen LogP contribution in [-0.2, 0) is 9.53 Å². The highest BCUT2D eigenvalue weighted by Crippen LogP contribution is 2.70. The van der Waals surface area contributed by atoms with Crippen molar-refractivity contribution in [3.63, 3.8) is 0 Å². The number of hydrogen-bond donors (Lipinski definition) is 4. The lowest BCUT2D eigenvalue weighted by Gasteiger charge is -2.65. The van der Waals surface area contributed by atoms with Crippen LogP contribution in [0.5, 0.6) is 0 Å². The third-order valence-corrected chi connectivity index (χ3v) is 10.2. The summed E-state index contributed by atoms with van der Waals surface area (Å²) in [4.78, 5) is 16.2. The molecule has 178 valence electrons. The van der Waals surface area contributed by atoms with Gasteiger partial charge in [-0.2, -0.15) is 0 Å². The van der Waals surface area contributed by atoms with Crippen LogP contribution in [0, 0.1) is 28.6 Å². The summed E-state index contributed by atoms with van der Waals surface area (Å²) in [5, 5.41) is 43.8. The number of aliphatic hydroxyl groups excluding tert-OH is 2. The molecule has 4 saturated carbocycles. The Bertz CT molecular complexity index is 842. The number of nitrogens with zero attached hydrogens (tertiary/aromatic N) is 1. The van der Waals surface area contributed by atoms with E-state index in [1.807, 2.05) is 6.21 Å². The van der Waals surface area contributed by atoms with E-state index in [4.69, 9.17) is 4.74 Å². The molecule has 0 bridgehead atoms. The van der Waals surface area contributed by atoms with Crippen molar-refractivity contribution in [2.24, 2.45) is 33.6 Å². The van der Waals surface area contributed by atoms with Crippen LogP contribution in [0.25, 0.3) is 0 Å². The van der Waals surface area contributed by atoms with Gasteiger partial charge < -0.3 is 25.2 Å². The first-order valence-corrected chi connectivity index (χ1v) is 12.3. The third-order valence-electron chi connectivity index (χ3n) is 10.2. The third kappa shape index (κ3) is 2.93. The van der Waals surface area contributed by atoms with Crippen LogP contribution in [0.15, 0.2) is 16.6 Å². The van der Waals surface area contributed by atoms with Crippen molar-refractivity contribution >= 4 is 12.2 Å². The normalized spacial score (nSPS) is 50.5. The van der Waals surface area contributed by atoms with Gasteiger partial charge in [-0.3, -0.25) is 4.99 Å². The van der Waals surface area contributed by atoms with Crippen LogP contribution in [-0.4, -0.2) is 69.7 Å². The molecule has 0 unspecified atom stereocenters. The summed E-state index contributed by atoms with van der Waals surface area (Å²) >= 11 is 0. The Morgan fingerprint density at radius 1 is 1.12 bits per heavy atom. The minimum absolute atomic E-state index is 0.0287. The largest absolute Gasteiger partial charge is 0.458 e. The molecule has 32 heavy (non-hydrogen) atoms. The SMILES string of the molecule is C[C@]12CC[C@H]3[C@@H](CC[C@]4(O)C[C@H](O)CC[C@]34C=NCCO)[C@]1(O)CC[C@H]2C1=CC(=O)OC1. The van der Waals surface area contributed by atoms with Crippen LogP contribution in [0.3, 0.4) is 0 Å². The number of fused-ring (bicyclic) bond motifs is 5. The van der Waals surface area contributed by atoms with Crippen LogP contribution in [0.2, 0.25) is 0 Å². The van der Waals surface area contributed by atoms with Gasteiger partial charge in [0.2, 0.25) is 0 Å². The molecule has 0 aromatic carbocycles. The van der Waals surface area contributed by atoms with Gasteiger partial charge in [-0.25, -0.2) is 4.79 Å². The van der Waals surface area contributed by atoms with E-state index in [1.165, 1.54) is 0 Å². The molecule has 0 aromatic heterocycles. The molecule has 0 amide bonds. The Morgan fingerprint density at radius 2 is 1.91 bits per heavy atom. The molecule has 0 radical (unpaired) electrons. The van der Waals surface area contributed by atoms with Gasteiger partial charge in [-0.15, -0.1) is 0 Å². The number of hydrogen-bond acceptors (Lipinski definition) is 7. The molecule has 0 saturated heterocycles. The fraction of sp³-hybridized carbons (Fsp3) is 0.840. The quantitative estimate of drug-likeness (QED) is 0.385. The summed E-state index contributed by atoms with van der Waals surface area (Å²) < 4.78 is 5.20. The van der Waals surface area contributed by atoms with Gasteiger partial charge in [-0.05, 0) is 74.7 Å². The number of carbonyl (C=O) groups excluding carboxylic acids is 1. The average molecular weight is 448 g/mol. The predicted octanol–water partition coefficient (Wildman–Crippen LogP) is 1.76. The summed E-state index contributed by atoms with van der Waals surface area (Å²) in [7, 11) is 0. The molecule has 5 aliphatic rings. The lowest BCUT2D eigenvalue weighted by Crippen LogP contribution is -2.68. The van der Waals surface area contributed by atoms with Crippen LogP contribution in [0.1, 0.15) is 64.7 Å². The smallest absolute Gasteiger partial charge is 0.331 e. The molecular weight excluding hydrogens is 410 g/mol. The topological polar surface area (TPSA) is 120 Å². The number of ether oxygens (including phenoxy) is 1. The molecule has 5 rings (SSSR count). The van der Waals surface area contributed by atoms with Crippen molar-refractivity contribution in [2.75, 3.05) is 19.8 Å². The van der Waals surface area contributed by atoms with E-state index in [2.05, 4.69) is 11.9 Å². The first-order chi connectivity index (χ1) is 15.2. The summed E-state index contributed by atoms with van der Waals surface area (Å²) in [5.74, 6) is -0.0485. The minimum Gasteiger partial charge on any atom is -0.458 e. The van der Waals surface area contributed by atoms with E-state index < -0.39 is 22.7 Å². The number of carbonyl (C=O) groups is 1. The maximum Gasteiger partial charge on any atom is 0.331 e. The van der Waals surface area contributed by atoms with E-state index in [-0.39, 0.29) is 35.7 Å². The van der Waals surface area contributed by atoms with Gasteiger partial charge in [0.05, 0.1) is 30.5 Å². The summed E-state index contributed by atoms with van der Waals surface area (Å²) in [6, 6.07) is 0. The zero-order chi connectivity index (χ0) is 22.8. The first-order valence-electron chi connectivity index (χ1n) is 12.3. The molecule has 8 atom stereocenters. The molecule has 4 aliphatic carbocycles. The van der Waals surface area contributed by atoms with E-state index in [0.717, 1.165) is 31.3 Å². The van der Waals surface area contributed by atoms with Gasteiger partial charge in [-0.1, -0.05) is 6.92 Å². The molecule has 4 N–H and O–H groups in total. The fourth-order valence-electron chi connectivity index (χ4n) is 8.65. The van der Waals surface area contributed by atoms with Crippen molar-refractivity contribution in [2.45, 2.75) is 82.0 Å². The Kier molecular flexibility index (Phi) is 5.36. The first kappa shape index (κ1) is 22.5. The second-order valence-corrected chi connectivity index (χ2v) is 11.3. The lowest BCUT2D eigenvalue weighted by atomic mass is 9.41. The summed E-state index contributed by atoms with van der Waals surface area (Å²) in [6.07, 6.45) is 9.04. The Morgan fingerprint density at radius 3 is 2.62 bits per heavy atom. The van der Waals surface area contributed by atoms with E-state index >= 15 is 0 Å². The number of rotatable bonds is 4. The van der Waals surface area contributed by atoms with Crippen molar-refractivity contribution in [1.82, 2.24) is 0 Å². The van der Waals surface area contributed by atoms with Crippen LogP contribution < -0.4 is 0 Å². The summed E-state index contributed by atoms with van der Waals surface area (Å²) in [6.45, 7) is 2.77. The highest BCUT2D eigenvalue weighted by molar-refractivity contribution is 5.85. The predicted molar refractivity (Wildman–Crippen MR) is 118 cm³/mol. The molecule has 7 nitrogen and oxygen atoms in total. The Balaban J connectivity index is 1.52. The molecule has 0 aromatic rings. The number of esters is 1. The molecule has 0 spiro atoms. The molecule has 1 heterocycles. The highest BCUT2D eigenvalue weighted by Gasteiger charge is 2.71. The molecule has 4 fully saturated rings. The monoisotopic (exact) mass is 447 g/mol. The van der Waals surface area contributed by atoms with Crippen molar-refractivity contribution in [1.29, 1.82) is 0 Å². The summed E-state index contributed by atoms with van der Waals surface area (Å²) in [5.41, 5.74) is -1.82. The minimum atomic E-state index is -1.04. The van der Waals surface area contributed by atoms with E-state index in [1.54, 1.807) is 6.08 Å². The van der Waals surface area contributed by atoms with Crippen molar-refractivity contribution < 1.29 is 30.0 Å². The number of aliphatic imine (C=N–C) groups is 1. The maximum absolute atomic E-state index is 12.3. The van der Waals surface area contributed by atoms with Crippen LogP contribution >= 0.6 is 0 Å². The van der Waals surface area contributed by atoms with Gasteiger partial charge in [0.15, 0.2) is 0 Å². The van der Waals surface area contributed by atoms with Crippen molar-refractivity contribution in [3.05, 3.63) is 11.6 Å². The lowest BCUT2D eigenvalue weighted by molar-refractivity contribution is -0.237. The van der Waals surface area contributed by atoms with Gasteiger partial charge in [0, 0.05) is 29.5 Å². The fourth-order valence-corrected chi connectivity index (χ4v) is 8.65. The second-order valence-electron chi connectivity index (χ2n) is 11.3. The van der Waals surface area contributed by atoms with Gasteiger partial charge >= 0.3 is 5.97 Å². The average Bonchev–Trinajstić information content (AvgIpc) is 3.28. The number of aliphatic hydroxyl groups is 4. The van der Waals surface area contributed by atoms with Gasteiger partial charge in [0.25, 0.3) is 0 Å². The van der Waals surface area contributed by atoms with Crippen molar-refractivity contribution in [3.8, 4) is 0 Å². The van der Waals surface area contributed by atoms with E-state index in [9.17, 15) is 25.2 Å². The maximum atomic E-state index is 12.3. The zero-order valence-corrected chi connectivity index (χ0v) is 19.0. The highest BCUT2D eigenvalue weighted by atomic mass is 16.5. The Labute approximate surface area is 189 Å². The van der Waals surface area contributed by atoms with Crippen LogP contribution in [0.4, 0.5) is 0 Å². The molecule has 7 heteroatoms.